The van der Waals surface area contributed by atoms with Crippen molar-refractivity contribution >= 4 is 5.97 Å². The topological polar surface area (TPSA) is 149 Å². The van der Waals surface area contributed by atoms with Gasteiger partial charge in [-0.05, 0) is 26.0 Å². The molecule has 0 saturated carbocycles. The number of hydrogen-bond donors (Lipinski definition) is 5. The summed E-state index contributed by atoms with van der Waals surface area (Å²) in [7, 11) is 0. The molecule has 2 aliphatic heterocycles. The number of aromatic hydroxyl groups is 1. The molecule has 3 rings (SSSR count). The number of benzene rings is 1. The first-order valence-corrected chi connectivity index (χ1v) is 8.19. The number of aliphatic hydroxyl groups excluding tert-OH is 3. The van der Waals surface area contributed by atoms with E-state index >= 15 is 0 Å². The molecule has 9 nitrogen and oxygen atoms in total. The molecule has 6 atom stereocenters. The highest BCUT2D eigenvalue weighted by atomic mass is 16.7. The maximum absolute atomic E-state index is 11.2. The number of aliphatic hydroxyl groups is 3. The van der Waals surface area contributed by atoms with Gasteiger partial charge in [-0.25, -0.2) is 4.79 Å². The van der Waals surface area contributed by atoms with Gasteiger partial charge in [0.1, 0.15) is 29.8 Å². The number of aliphatic carboxylic acids is 1. The molecule has 0 spiro atoms. The van der Waals surface area contributed by atoms with Crippen LogP contribution in [0.4, 0.5) is 0 Å². The second-order valence-corrected chi connectivity index (χ2v) is 7.02. The van der Waals surface area contributed by atoms with E-state index in [4.69, 9.17) is 19.3 Å². The standard InChI is InChI=1S/C17H22O9/c1-17(2)10(26-17)6-7-8(18)4-3-5-9(7)24-16-13(21)11(19)12(20)14(25-16)15(22)23/h3-5,10-14,16,18-21H,6H2,1-2H3,(H,22,23). The summed E-state index contributed by atoms with van der Waals surface area (Å²) in [5.41, 5.74) is 0.0844. The molecule has 2 heterocycles. The van der Waals surface area contributed by atoms with E-state index in [0.29, 0.717) is 12.0 Å². The number of carbonyl (C=O) groups is 1. The summed E-state index contributed by atoms with van der Waals surface area (Å²) in [5, 5.41) is 48.9. The van der Waals surface area contributed by atoms with E-state index in [0.717, 1.165) is 0 Å². The summed E-state index contributed by atoms with van der Waals surface area (Å²) in [6.07, 6.45) is -8.33. The average Bonchev–Trinajstić information content (AvgIpc) is 3.17. The van der Waals surface area contributed by atoms with Crippen molar-refractivity contribution in [2.45, 2.75) is 62.7 Å². The Bertz CT molecular complexity index is 689. The Morgan fingerprint density at radius 1 is 1.19 bits per heavy atom. The van der Waals surface area contributed by atoms with Gasteiger partial charge >= 0.3 is 5.97 Å². The molecule has 0 aromatic heterocycles. The van der Waals surface area contributed by atoms with E-state index in [2.05, 4.69) is 0 Å². The van der Waals surface area contributed by atoms with Crippen molar-refractivity contribution in [1.29, 1.82) is 0 Å². The minimum atomic E-state index is -1.80. The third-order valence-electron chi connectivity index (χ3n) is 4.72. The largest absolute Gasteiger partial charge is 0.508 e. The SMILES string of the molecule is CC1(C)OC1Cc1c(O)cccc1OC1OC(C(=O)O)C(O)C(O)C1O. The number of phenolic OH excluding ortho intramolecular Hbond substituents is 1. The molecule has 2 aliphatic rings. The van der Waals surface area contributed by atoms with Crippen LogP contribution in [-0.4, -0.2) is 73.9 Å². The lowest BCUT2D eigenvalue weighted by molar-refractivity contribution is -0.271. The number of epoxide rings is 1. The van der Waals surface area contributed by atoms with Crippen LogP contribution in [0, 0.1) is 0 Å². The lowest BCUT2D eigenvalue weighted by Gasteiger charge is -2.38. The minimum absolute atomic E-state index is 0.0468. The van der Waals surface area contributed by atoms with Gasteiger partial charge in [-0.1, -0.05) is 6.07 Å². The highest BCUT2D eigenvalue weighted by Gasteiger charge is 2.50. The van der Waals surface area contributed by atoms with E-state index in [1.54, 1.807) is 0 Å². The Labute approximate surface area is 149 Å². The number of ether oxygens (including phenoxy) is 3. The smallest absolute Gasteiger partial charge is 0.335 e. The number of hydrogen-bond acceptors (Lipinski definition) is 8. The zero-order valence-corrected chi connectivity index (χ0v) is 14.3. The van der Waals surface area contributed by atoms with E-state index in [1.165, 1.54) is 18.2 Å². The highest BCUT2D eigenvalue weighted by molar-refractivity contribution is 5.73. The van der Waals surface area contributed by atoms with Gasteiger partial charge in [-0.15, -0.1) is 0 Å². The first kappa shape index (κ1) is 18.9. The molecule has 144 valence electrons. The van der Waals surface area contributed by atoms with Crippen LogP contribution in [-0.2, 0) is 20.7 Å². The fraction of sp³-hybridized carbons (Fsp3) is 0.588. The quantitative estimate of drug-likeness (QED) is 0.428. The van der Waals surface area contributed by atoms with Gasteiger partial charge in [0.05, 0.1) is 11.7 Å². The van der Waals surface area contributed by atoms with Crippen molar-refractivity contribution in [2.75, 3.05) is 0 Å². The van der Waals surface area contributed by atoms with Crippen LogP contribution >= 0.6 is 0 Å². The Balaban J connectivity index is 1.81. The van der Waals surface area contributed by atoms with E-state index in [-0.39, 0.29) is 23.2 Å². The van der Waals surface area contributed by atoms with Gasteiger partial charge in [0.2, 0.25) is 6.29 Å². The van der Waals surface area contributed by atoms with Crippen LogP contribution in [0.3, 0.4) is 0 Å². The fourth-order valence-corrected chi connectivity index (χ4v) is 2.95. The Kier molecular flexibility index (Phi) is 4.84. The molecule has 1 aromatic carbocycles. The average molecular weight is 370 g/mol. The van der Waals surface area contributed by atoms with Gasteiger partial charge in [0.25, 0.3) is 0 Å². The summed E-state index contributed by atoms with van der Waals surface area (Å²) >= 11 is 0. The third-order valence-corrected chi connectivity index (χ3v) is 4.72. The van der Waals surface area contributed by atoms with Crippen LogP contribution < -0.4 is 4.74 Å². The molecular weight excluding hydrogens is 348 g/mol. The van der Waals surface area contributed by atoms with E-state index < -0.39 is 36.7 Å². The number of phenols is 1. The van der Waals surface area contributed by atoms with Crippen LogP contribution in [0.5, 0.6) is 11.5 Å². The summed E-state index contributed by atoms with van der Waals surface area (Å²) in [6, 6.07) is 4.50. The molecule has 1 aromatic rings. The number of carboxylic acids is 1. The molecule has 0 amide bonds. The Hall–Kier alpha value is -1.91. The lowest BCUT2D eigenvalue weighted by Crippen LogP contribution is -2.61. The predicted molar refractivity (Wildman–Crippen MR) is 85.7 cm³/mol. The first-order chi connectivity index (χ1) is 12.1. The van der Waals surface area contributed by atoms with Gasteiger partial charge in [-0.2, -0.15) is 0 Å². The Morgan fingerprint density at radius 2 is 1.85 bits per heavy atom. The molecule has 2 fully saturated rings. The summed E-state index contributed by atoms with van der Waals surface area (Å²) < 4.78 is 16.2. The van der Waals surface area contributed by atoms with Crippen LogP contribution in [0.1, 0.15) is 19.4 Å². The lowest BCUT2D eigenvalue weighted by atomic mass is 9.98. The number of carboxylic acid groups (broad SMARTS) is 1. The highest BCUT2D eigenvalue weighted by Crippen LogP contribution is 2.41. The van der Waals surface area contributed by atoms with Gasteiger partial charge < -0.3 is 39.7 Å². The normalized spacial score (nSPS) is 35.7. The van der Waals surface area contributed by atoms with Crippen LogP contribution in [0.2, 0.25) is 0 Å². The fourth-order valence-electron chi connectivity index (χ4n) is 2.95. The van der Waals surface area contributed by atoms with Gasteiger partial charge in [-0.3, -0.25) is 0 Å². The Morgan fingerprint density at radius 3 is 2.42 bits per heavy atom. The van der Waals surface area contributed by atoms with Crippen LogP contribution in [0.25, 0.3) is 0 Å². The molecule has 0 bridgehead atoms. The molecule has 5 N–H and O–H groups in total. The van der Waals surface area contributed by atoms with Gasteiger partial charge in [0, 0.05) is 12.0 Å². The molecule has 0 radical (unpaired) electrons. The van der Waals surface area contributed by atoms with Crippen molar-refractivity contribution in [2.24, 2.45) is 0 Å². The monoisotopic (exact) mass is 370 g/mol. The minimum Gasteiger partial charge on any atom is -0.508 e. The van der Waals surface area contributed by atoms with E-state index in [1.807, 2.05) is 13.8 Å². The molecule has 26 heavy (non-hydrogen) atoms. The maximum atomic E-state index is 11.2. The summed E-state index contributed by atoms with van der Waals surface area (Å²) in [6.45, 7) is 3.81. The van der Waals surface area contributed by atoms with Gasteiger partial charge in [0.15, 0.2) is 6.10 Å². The second-order valence-electron chi connectivity index (χ2n) is 7.02. The van der Waals surface area contributed by atoms with Crippen LogP contribution in [0.15, 0.2) is 18.2 Å². The second kappa shape index (κ2) is 6.67. The zero-order valence-electron chi connectivity index (χ0n) is 14.3. The third kappa shape index (κ3) is 3.49. The number of rotatable bonds is 5. The van der Waals surface area contributed by atoms with Crippen molar-refractivity contribution in [1.82, 2.24) is 0 Å². The molecule has 6 unspecified atom stereocenters. The molecule has 0 aliphatic carbocycles. The molecule has 9 heteroatoms. The van der Waals surface area contributed by atoms with E-state index in [9.17, 15) is 25.2 Å². The van der Waals surface area contributed by atoms with Crippen molar-refractivity contribution in [3.05, 3.63) is 23.8 Å². The van der Waals surface area contributed by atoms with Crippen molar-refractivity contribution < 1.29 is 44.5 Å². The predicted octanol–water partition coefficient (Wildman–Crippen LogP) is -0.617. The van der Waals surface area contributed by atoms with Crippen molar-refractivity contribution in [3.8, 4) is 11.5 Å². The summed E-state index contributed by atoms with van der Waals surface area (Å²) in [4.78, 5) is 11.2. The molecule has 2 saturated heterocycles. The zero-order chi connectivity index (χ0) is 19.2. The maximum Gasteiger partial charge on any atom is 0.335 e. The summed E-state index contributed by atoms with van der Waals surface area (Å²) in [5.74, 6) is -1.39. The molecular formula is C17H22O9. The van der Waals surface area contributed by atoms with Crippen molar-refractivity contribution in [3.63, 3.8) is 0 Å². The first-order valence-electron chi connectivity index (χ1n) is 8.19.